The van der Waals surface area contributed by atoms with Gasteiger partial charge in [-0.15, -0.1) is 0 Å². The van der Waals surface area contributed by atoms with Crippen molar-refractivity contribution in [2.75, 3.05) is 6.61 Å². The Hall–Kier alpha value is -1.49. The van der Waals surface area contributed by atoms with E-state index < -0.39 is 21.3 Å². The Kier molecular flexibility index (Phi) is 2.95. The highest BCUT2D eigenvalue weighted by atomic mass is 32.2. The van der Waals surface area contributed by atoms with E-state index in [1.165, 1.54) is 0 Å². The number of rotatable bonds is 0. The summed E-state index contributed by atoms with van der Waals surface area (Å²) in [5.41, 5.74) is 0.704. The lowest BCUT2D eigenvalue weighted by molar-refractivity contribution is -0.128. The third-order valence-corrected chi connectivity index (χ3v) is 7.98. The van der Waals surface area contributed by atoms with Gasteiger partial charge in [-0.1, -0.05) is 18.2 Å². The van der Waals surface area contributed by atoms with Crippen molar-refractivity contribution in [3.05, 3.63) is 40.7 Å². The maximum atomic E-state index is 13.4. The quantitative estimate of drug-likeness (QED) is 0.717. The Morgan fingerprint density at radius 1 is 1.12 bits per heavy atom. The molecule has 0 aromatic heterocycles. The van der Waals surface area contributed by atoms with E-state index in [0.717, 1.165) is 41.9 Å². The second-order valence-electron chi connectivity index (χ2n) is 7.78. The maximum absolute atomic E-state index is 13.4. The van der Waals surface area contributed by atoms with Crippen LogP contribution in [0.4, 0.5) is 0 Å². The first kappa shape index (κ1) is 14.8. The van der Waals surface area contributed by atoms with Crippen LogP contribution in [0.5, 0.6) is 5.75 Å². The first-order chi connectivity index (χ1) is 11.5. The molecule has 3 aliphatic heterocycles. The van der Waals surface area contributed by atoms with Gasteiger partial charge in [0.1, 0.15) is 27.1 Å². The summed E-state index contributed by atoms with van der Waals surface area (Å²) in [6.07, 6.45) is 3.85. The fourth-order valence-electron chi connectivity index (χ4n) is 4.65. The summed E-state index contributed by atoms with van der Waals surface area (Å²) in [7, 11) is -1.16. The summed E-state index contributed by atoms with van der Waals surface area (Å²) in [5, 5.41) is 0. The molecule has 1 spiro atoms. The largest absolute Gasteiger partial charge is 0.493 e. The minimum atomic E-state index is -1.16. The van der Waals surface area contributed by atoms with E-state index in [1.807, 2.05) is 18.2 Å². The van der Waals surface area contributed by atoms with E-state index in [2.05, 4.69) is 19.9 Å². The van der Waals surface area contributed by atoms with Crippen LogP contribution in [0, 0.1) is 5.92 Å². The van der Waals surface area contributed by atoms with E-state index in [0.29, 0.717) is 12.6 Å². The van der Waals surface area contributed by atoms with Gasteiger partial charge in [0.2, 0.25) is 0 Å². The molecule has 1 unspecified atom stereocenters. The second kappa shape index (κ2) is 4.78. The van der Waals surface area contributed by atoms with Crippen molar-refractivity contribution in [3.8, 4) is 5.75 Å². The zero-order valence-corrected chi connectivity index (χ0v) is 14.9. The van der Waals surface area contributed by atoms with Crippen molar-refractivity contribution < 1.29 is 18.4 Å². The van der Waals surface area contributed by atoms with Gasteiger partial charge in [0.05, 0.1) is 6.61 Å². The Bertz CT molecular complexity index is 760. The Morgan fingerprint density at radius 2 is 1.88 bits per heavy atom. The van der Waals surface area contributed by atoms with Crippen LogP contribution >= 0.6 is 0 Å². The molecule has 3 atom stereocenters. The van der Waals surface area contributed by atoms with Gasteiger partial charge >= 0.3 is 0 Å². The van der Waals surface area contributed by atoms with Gasteiger partial charge in [-0.2, -0.15) is 0 Å². The van der Waals surface area contributed by atoms with Crippen LogP contribution in [-0.4, -0.2) is 21.3 Å². The van der Waals surface area contributed by atoms with Crippen molar-refractivity contribution in [1.82, 2.24) is 0 Å². The monoisotopic (exact) mass is 346 g/mol. The highest BCUT2D eigenvalue weighted by Crippen LogP contribution is 2.58. The van der Waals surface area contributed by atoms with Gasteiger partial charge in [-0.25, -0.2) is 0 Å². The van der Waals surface area contributed by atoms with Crippen LogP contribution in [-0.2, 0) is 20.3 Å². The molecule has 5 heteroatoms. The van der Waals surface area contributed by atoms with Crippen LogP contribution in [0.2, 0.25) is 0 Å². The molecule has 0 saturated heterocycles. The summed E-state index contributed by atoms with van der Waals surface area (Å²) in [6, 6.07) is 8.10. The average molecular weight is 346 g/mol. The van der Waals surface area contributed by atoms with Crippen LogP contribution in [0.3, 0.4) is 0 Å². The third-order valence-electron chi connectivity index (χ3n) is 5.99. The maximum Gasteiger partial charge on any atom is 0.294 e. The number of hydrogen-bond acceptors (Lipinski definition) is 4. The summed E-state index contributed by atoms with van der Waals surface area (Å²) in [6.45, 7) is 4.74. The number of allylic oxidation sites excluding steroid dienone is 1. The van der Waals surface area contributed by atoms with Gasteiger partial charge < -0.3 is 14.2 Å². The predicted octanol–water partition coefficient (Wildman–Crippen LogP) is 3.81. The lowest BCUT2D eigenvalue weighted by atomic mass is 9.74. The Balaban J connectivity index is 1.68. The molecule has 0 N–H and O–H groups in total. The van der Waals surface area contributed by atoms with Crippen molar-refractivity contribution in [2.24, 2.45) is 5.92 Å². The molecule has 1 aromatic carbocycles. The summed E-state index contributed by atoms with van der Waals surface area (Å²) >= 11 is 0. The van der Waals surface area contributed by atoms with Gasteiger partial charge in [0.25, 0.3) is 5.95 Å². The molecule has 0 amide bonds. The summed E-state index contributed by atoms with van der Waals surface area (Å²) in [5.74, 6) is 1.61. The first-order valence-electron chi connectivity index (χ1n) is 8.78. The molecule has 128 valence electrons. The van der Waals surface area contributed by atoms with Crippen LogP contribution in [0.1, 0.15) is 51.0 Å². The van der Waals surface area contributed by atoms with E-state index in [-0.39, 0.29) is 11.8 Å². The zero-order chi connectivity index (χ0) is 16.5. The van der Waals surface area contributed by atoms with Crippen LogP contribution < -0.4 is 4.74 Å². The number of para-hydroxylation sites is 1. The van der Waals surface area contributed by atoms with Gasteiger partial charge in [0, 0.05) is 17.4 Å². The SMILES string of the molecule is CC1(C)OC2=C([C@@H]3c4ccccc4OC[C@@H]31)S(=O)C1(CCCC1)O2. The van der Waals surface area contributed by atoms with Gasteiger partial charge in [0.15, 0.2) is 4.93 Å². The predicted molar refractivity (Wildman–Crippen MR) is 90.8 cm³/mol. The van der Waals surface area contributed by atoms with Gasteiger partial charge in [-0.05, 0) is 45.6 Å². The fourth-order valence-corrected chi connectivity index (χ4v) is 6.62. The molecular formula is C19H22O4S. The molecule has 0 radical (unpaired) electrons. The molecule has 3 heterocycles. The van der Waals surface area contributed by atoms with Crippen LogP contribution in [0.15, 0.2) is 35.1 Å². The second-order valence-corrected chi connectivity index (χ2v) is 9.50. The average Bonchev–Trinajstić information content (AvgIpc) is 3.13. The number of benzene rings is 1. The summed E-state index contributed by atoms with van der Waals surface area (Å²) in [4.78, 5) is 0.306. The Labute approximate surface area is 144 Å². The molecule has 0 bridgehead atoms. The molecule has 5 rings (SSSR count). The van der Waals surface area contributed by atoms with Crippen molar-refractivity contribution >= 4 is 10.8 Å². The standard InChI is InChI=1S/C19H22O4S/c1-18(2)13-11-21-14-8-4-3-7-12(14)15(13)16-17(22-18)23-19(24(16)20)9-5-6-10-19/h3-4,7-8,13,15H,5-6,9-11H2,1-2H3/t13-,15+,24?/m0/s1. The summed E-state index contributed by atoms with van der Waals surface area (Å²) < 4.78 is 31.9. The minimum Gasteiger partial charge on any atom is -0.493 e. The topological polar surface area (TPSA) is 44.8 Å². The van der Waals surface area contributed by atoms with Crippen molar-refractivity contribution in [3.63, 3.8) is 0 Å². The molecular weight excluding hydrogens is 324 g/mol. The fraction of sp³-hybridized carbons (Fsp3) is 0.579. The lowest BCUT2D eigenvalue weighted by Crippen LogP contribution is -2.47. The minimum absolute atomic E-state index is 0.0505. The highest BCUT2D eigenvalue weighted by molar-refractivity contribution is 7.90. The molecule has 1 saturated carbocycles. The number of ether oxygens (including phenoxy) is 3. The molecule has 4 aliphatic rings. The number of fused-ring (bicyclic) bond motifs is 4. The lowest BCUT2D eigenvalue weighted by Gasteiger charge is -2.45. The number of hydrogen-bond donors (Lipinski definition) is 0. The van der Waals surface area contributed by atoms with Crippen LogP contribution in [0.25, 0.3) is 0 Å². The first-order valence-corrected chi connectivity index (χ1v) is 9.93. The van der Waals surface area contributed by atoms with E-state index >= 15 is 0 Å². The third kappa shape index (κ3) is 1.82. The van der Waals surface area contributed by atoms with Gasteiger partial charge in [-0.3, -0.25) is 4.21 Å². The van der Waals surface area contributed by atoms with Crippen molar-refractivity contribution in [2.45, 2.75) is 56.0 Å². The highest BCUT2D eigenvalue weighted by Gasteiger charge is 2.60. The van der Waals surface area contributed by atoms with E-state index in [1.54, 1.807) is 0 Å². The molecule has 24 heavy (non-hydrogen) atoms. The Morgan fingerprint density at radius 3 is 2.67 bits per heavy atom. The molecule has 1 fully saturated rings. The molecule has 1 aromatic rings. The molecule has 1 aliphatic carbocycles. The molecule has 4 nitrogen and oxygen atoms in total. The zero-order valence-electron chi connectivity index (χ0n) is 14.0. The van der Waals surface area contributed by atoms with E-state index in [9.17, 15) is 4.21 Å². The normalized spacial score (nSPS) is 34.7. The smallest absolute Gasteiger partial charge is 0.294 e. The van der Waals surface area contributed by atoms with Crippen molar-refractivity contribution in [1.29, 1.82) is 0 Å². The van der Waals surface area contributed by atoms with E-state index in [4.69, 9.17) is 14.2 Å².